The van der Waals surface area contributed by atoms with E-state index < -0.39 is 22.0 Å². The van der Waals surface area contributed by atoms with E-state index in [-0.39, 0.29) is 17.1 Å². The third kappa shape index (κ3) is 4.98. The van der Waals surface area contributed by atoms with Crippen molar-refractivity contribution in [3.8, 4) is 0 Å². The van der Waals surface area contributed by atoms with E-state index in [9.17, 15) is 18.0 Å². The predicted molar refractivity (Wildman–Crippen MR) is 92.6 cm³/mol. The molecule has 0 saturated carbocycles. The van der Waals surface area contributed by atoms with Crippen LogP contribution < -0.4 is 4.72 Å². The number of ketones is 1. The molecule has 0 unspecified atom stereocenters. The zero-order chi connectivity index (χ0) is 18.4. The molecule has 2 rings (SSSR count). The Morgan fingerprint density at radius 3 is 2.16 bits per heavy atom. The van der Waals surface area contributed by atoms with Crippen LogP contribution in [0.5, 0.6) is 0 Å². The average Bonchev–Trinajstić information content (AvgIpc) is 2.61. The molecular formula is C18H19NO5S. The molecule has 2 aromatic carbocycles. The highest BCUT2D eigenvalue weighted by Gasteiger charge is 2.24. The van der Waals surface area contributed by atoms with Gasteiger partial charge in [0.15, 0.2) is 5.78 Å². The topological polar surface area (TPSA) is 89.5 Å². The maximum absolute atomic E-state index is 12.6. The molecule has 0 fully saturated rings. The second-order valence-corrected chi connectivity index (χ2v) is 7.16. The van der Waals surface area contributed by atoms with E-state index in [1.54, 1.807) is 30.3 Å². The van der Waals surface area contributed by atoms with Gasteiger partial charge in [-0.15, -0.1) is 0 Å². The molecule has 0 saturated heterocycles. The standard InChI is InChI=1S/C18H19NO5S/c1-13(20)14-8-10-16(11-9-14)25(22,23)19-17(12-18(21)24-2)15-6-4-3-5-7-15/h3-11,17,19H,12H2,1-2H3/t17-/m0/s1. The SMILES string of the molecule is COC(=O)C[C@H](NS(=O)(=O)c1ccc(C(C)=O)cc1)c1ccccc1. The van der Waals surface area contributed by atoms with Gasteiger partial charge in [-0.05, 0) is 24.6 Å². The Balaban J connectivity index is 2.29. The maximum Gasteiger partial charge on any atom is 0.307 e. The lowest BCUT2D eigenvalue weighted by Gasteiger charge is -2.18. The molecule has 0 aliphatic heterocycles. The fourth-order valence-corrected chi connectivity index (χ4v) is 3.51. The summed E-state index contributed by atoms with van der Waals surface area (Å²) in [4.78, 5) is 23.0. The first-order chi connectivity index (χ1) is 11.8. The quantitative estimate of drug-likeness (QED) is 0.604. The highest BCUT2D eigenvalue weighted by atomic mass is 32.2. The number of benzene rings is 2. The van der Waals surface area contributed by atoms with Crippen LogP contribution in [0.2, 0.25) is 0 Å². The molecule has 0 amide bonds. The summed E-state index contributed by atoms with van der Waals surface area (Å²) in [6.45, 7) is 1.41. The van der Waals surface area contributed by atoms with Crippen LogP contribution in [0.1, 0.15) is 35.3 Å². The summed E-state index contributed by atoms with van der Waals surface area (Å²) in [5, 5.41) is 0. The van der Waals surface area contributed by atoms with Gasteiger partial charge < -0.3 is 4.74 Å². The molecular weight excluding hydrogens is 342 g/mol. The fraction of sp³-hybridized carbons (Fsp3) is 0.222. The van der Waals surface area contributed by atoms with Crippen LogP contribution >= 0.6 is 0 Å². The molecule has 0 spiro atoms. The largest absolute Gasteiger partial charge is 0.469 e. The summed E-state index contributed by atoms with van der Waals surface area (Å²) in [6, 6.07) is 13.6. The van der Waals surface area contributed by atoms with Crippen molar-refractivity contribution >= 4 is 21.8 Å². The number of sulfonamides is 1. The Hall–Kier alpha value is -2.51. The number of hydrogen-bond donors (Lipinski definition) is 1. The normalized spacial score (nSPS) is 12.4. The first kappa shape index (κ1) is 18.8. The molecule has 7 heteroatoms. The second kappa shape index (κ2) is 8.04. The van der Waals surface area contributed by atoms with Crippen molar-refractivity contribution in [3.05, 3.63) is 65.7 Å². The van der Waals surface area contributed by atoms with Crippen molar-refractivity contribution in [2.75, 3.05) is 7.11 Å². The van der Waals surface area contributed by atoms with Crippen LogP contribution in [0.4, 0.5) is 0 Å². The molecule has 0 aliphatic carbocycles. The first-order valence-corrected chi connectivity index (χ1v) is 9.07. The molecule has 132 valence electrons. The molecule has 0 radical (unpaired) electrons. The van der Waals surface area contributed by atoms with Gasteiger partial charge in [-0.25, -0.2) is 13.1 Å². The van der Waals surface area contributed by atoms with E-state index in [1.165, 1.54) is 38.3 Å². The van der Waals surface area contributed by atoms with Gasteiger partial charge in [0.25, 0.3) is 0 Å². The van der Waals surface area contributed by atoms with Gasteiger partial charge in [0.1, 0.15) is 0 Å². The summed E-state index contributed by atoms with van der Waals surface area (Å²) < 4.78 is 32.4. The summed E-state index contributed by atoms with van der Waals surface area (Å²) in [7, 11) is -2.62. The Morgan fingerprint density at radius 2 is 1.64 bits per heavy atom. The Morgan fingerprint density at radius 1 is 1.04 bits per heavy atom. The number of methoxy groups -OCH3 is 1. The zero-order valence-electron chi connectivity index (χ0n) is 13.9. The molecule has 6 nitrogen and oxygen atoms in total. The number of hydrogen-bond acceptors (Lipinski definition) is 5. The molecule has 1 N–H and O–H groups in total. The van der Waals surface area contributed by atoms with Crippen molar-refractivity contribution in [2.45, 2.75) is 24.3 Å². The van der Waals surface area contributed by atoms with Gasteiger partial charge in [0.2, 0.25) is 10.0 Å². The molecule has 0 aromatic heterocycles. The number of carbonyl (C=O) groups excluding carboxylic acids is 2. The minimum Gasteiger partial charge on any atom is -0.469 e. The van der Waals surface area contributed by atoms with E-state index >= 15 is 0 Å². The molecule has 2 aromatic rings. The molecule has 0 heterocycles. The molecule has 1 atom stereocenters. The number of esters is 1. The van der Waals surface area contributed by atoms with Crippen LogP contribution in [-0.4, -0.2) is 27.3 Å². The van der Waals surface area contributed by atoms with Crippen molar-refractivity contribution in [3.63, 3.8) is 0 Å². The van der Waals surface area contributed by atoms with Crippen LogP contribution in [-0.2, 0) is 19.6 Å². The summed E-state index contributed by atoms with van der Waals surface area (Å²) in [5.74, 6) is -0.673. The Labute approximate surface area is 146 Å². The number of rotatable bonds is 7. The zero-order valence-corrected chi connectivity index (χ0v) is 14.7. The van der Waals surface area contributed by atoms with Crippen LogP contribution in [0.15, 0.2) is 59.5 Å². The van der Waals surface area contributed by atoms with Gasteiger partial charge in [-0.1, -0.05) is 42.5 Å². The van der Waals surface area contributed by atoms with E-state index in [4.69, 9.17) is 0 Å². The third-order valence-corrected chi connectivity index (χ3v) is 5.16. The lowest BCUT2D eigenvalue weighted by atomic mass is 10.1. The second-order valence-electron chi connectivity index (χ2n) is 5.45. The van der Waals surface area contributed by atoms with Gasteiger partial charge in [-0.2, -0.15) is 0 Å². The minimum absolute atomic E-state index is 0.0169. The average molecular weight is 361 g/mol. The van der Waals surface area contributed by atoms with Crippen molar-refractivity contribution in [1.29, 1.82) is 0 Å². The number of ether oxygens (including phenoxy) is 1. The molecule has 25 heavy (non-hydrogen) atoms. The van der Waals surface area contributed by atoms with E-state index in [0.717, 1.165) is 0 Å². The lowest BCUT2D eigenvalue weighted by molar-refractivity contribution is -0.141. The lowest BCUT2D eigenvalue weighted by Crippen LogP contribution is -2.30. The van der Waals surface area contributed by atoms with Gasteiger partial charge in [-0.3, -0.25) is 9.59 Å². The molecule has 0 bridgehead atoms. The molecule has 0 aliphatic rings. The van der Waals surface area contributed by atoms with E-state index in [1.807, 2.05) is 0 Å². The van der Waals surface area contributed by atoms with Crippen LogP contribution in [0.25, 0.3) is 0 Å². The highest BCUT2D eigenvalue weighted by molar-refractivity contribution is 7.89. The van der Waals surface area contributed by atoms with Gasteiger partial charge >= 0.3 is 5.97 Å². The van der Waals surface area contributed by atoms with E-state index in [0.29, 0.717) is 11.1 Å². The fourth-order valence-electron chi connectivity index (χ4n) is 2.29. The first-order valence-electron chi connectivity index (χ1n) is 7.58. The number of nitrogens with one attached hydrogen (secondary N) is 1. The highest BCUT2D eigenvalue weighted by Crippen LogP contribution is 2.21. The van der Waals surface area contributed by atoms with Crippen molar-refractivity contribution in [1.82, 2.24) is 4.72 Å². The summed E-state index contributed by atoms with van der Waals surface area (Å²) in [5.41, 5.74) is 1.07. The van der Waals surface area contributed by atoms with E-state index in [2.05, 4.69) is 9.46 Å². The number of carbonyl (C=O) groups is 2. The Kier molecular flexibility index (Phi) is 6.06. The summed E-state index contributed by atoms with van der Waals surface area (Å²) >= 11 is 0. The van der Waals surface area contributed by atoms with Gasteiger partial charge in [0.05, 0.1) is 24.5 Å². The predicted octanol–water partition coefficient (Wildman–Crippen LogP) is 2.47. The van der Waals surface area contributed by atoms with Gasteiger partial charge in [0, 0.05) is 5.56 Å². The van der Waals surface area contributed by atoms with Crippen LogP contribution in [0, 0.1) is 0 Å². The smallest absolute Gasteiger partial charge is 0.307 e. The monoisotopic (exact) mass is 361 g/mol. The van der Waals surface area contributed by atoms with Crippen molar-refractivity contribution in [2.24, 2.45) is 0 Å². The minimum atomic E-state index is -3.87. The summed E-state index contributed by atoms with van der Waals surface area (Å²) in [6.07, 6.45) is -0.134. The van der Waals surface area contributed by atoms with Crippen molar-refractivity contribution < 1.29 is 22.7 Å². The number of Topliss-reactive ketones (excluding diaryl/α,β-unsaturated/α-hetero) is 1. The maximum atomic E-state index is 12.6. The third-order valence-electron chi connectivity index (χ3n) is 3.67. The Bertz CT molecular complexity index is 845. The van der Waals surface area contributed by atoms with Crippen LogP contribution in [0.3, 0.4) is 0 Å².